The Hall–Kier alpha value is -1.40. The van der Waals surface area contributed by atoms with E-state index in [2.05, 4.69) is 32.7 Å². The Morgan fingerprint density at radius 2 is 1.11 bits per heavy atom. The third-order valence-corrected chi connectivity index (χ3v) is 5.26. The lowest BCUT2D eigenvalue weighted by atomic mass is 10.2. The van der Waals surface area contributed by atoms with Crippen LogP contribution in [0, 0.1) is 0 Å². The van der Waals surface area contributed by atoms with Crippen LogP contribution in [0.3, 0.4) is 0 Å². The summed E-state index contributed by atoms with van der Waals surface area (Å²) in [5.74, 6) is 0. The van der Waals surface area contributed by atoms with Crippen molar-refractivity contribution in [1.29, 1.82) is 0 Å². The number of quaternary nitrogens is 2. The second-order valence-electron chi connectivity index (χ2n) is 6.32. The zero-order chi connectivity index (χ0) is 17.6. The van der Waals surface area contributed by atoms with Crippen molar-refractivity contribution >= 4 is 56.4 Å². The van der Waals surface area contributed by atoms with Gasteiger partial charge in [0, 0.05) is 25.5 Å². The summed E-state index contributed by atoms with van der Waals surface area (Å²) in [5, 5.41) is 3.61. The fourth-order valence-corrected chi connectivity index (χ4v) is 4.20. The predicted octanol–water partition coefficient (Wildman–Crippen LogP) is -2.25. The van der Waals surface area contributed by atoms with E-state index in [0.717, 1.165) is 62.7 Å². The van der Waals surface area contributed by atoms with Crippen LogP contribution in [0.1, 0.15) is 6.42 Å². The minimum atomic E-state index is 0. The van der Waals surface area contributed by atoms with Crippen LogP contribution in [0.2, 0.25) is 10.0 Å². The van der Waals surface area contributed by atoms with Gasteiger partial charge in [-0.25, -0.2) is 0 Å². The first kappa shape index (κ1) is 21.9. The Balaban J connectivity index is 0.00000131. The summed E-state index contributed by atoms with van der Waals surface area (Å²) in [7, 11) is 0. The molecule has 6 N–H and O–H groups in total. The Morgan fingerprint density at radius 1 is 0.704 bits per heavy atom. The highest BCUT2D eigenvalue weighted by Crippen LogP contribution is 2.31. The number of rotatable bonds is 4. The van der Waals surface area contributed by atoms with Gasteiger partial charge in [0.25, 0.3) is 0 Å². The first-order valence-corrected chi connectivity index (χ1v) is 9.00. The molecule has 27 heavy (non-hydrogen) atoms. The van der Waals surface area contributed by atoms with E-state index in [4.69, 9.17) is 23.2 Å². The molecule has 0 unspecified atom stereocenters. The van der Waals surface area contributed by atoms with Crippen molar-refractivity contribution in [1.82, 2.24) is 9.13 Å². The van der Waals surface area contributed by atoms with E-state index in [1.165, 1.54) is 0 Å². The lowest BCUT2D eigenvalue weighted by molar-refractivity contribution is -0.253. The van der Waals surface area contributed by atoms with Gasteiger partial charge in [-0.2, -0.15) is 0 Å². The molecule has 0 saturated heterocycles. The summed E-state index contributed by atoms with van der Waals surface area (Å²) >= 11 is 12.8. The number of hydrogen-bond acceptors (Lipinski definition) is 0. The normalized spacial score (nSPS) is 10.8. The number of aromatic nitrogens is 2. The van der Waals surface area contributed by atoms with Crippen LogP contribution >= 0.6 is 23.2 Å². The average molecular weight is 446 g/mol. The molecule has 0 atom stereocenters. The second-order valence-corrected chi connectivity index (χ2v) is 7.13. The molecule has 0 bridgehead atoms. The maximum atomic E-state index is 6.39. The van der Waals surface area contributed by atoms with Crippen LogP contribution < -0.4 is 36.3 Å². The molecule has 2 heterocycles. The van der Waals surface area contributed by atoms with Gasteiger partial charge in [0.1, 0.15) is 11.4 Å². The van der Waals surface area contributed by atoms with Crippen molar-refractivity contribution in [3.05, 3.63) is 58.8 Å². The lowest BCUT2D eigenvalue weighted by Crippen LogP contribution is -3.00. The van der Waals surface area contributed by atoms with Gasteiger partial charge in [0.05, 0.1) is 31.9 Å². The molecule has 2 aromatic carbocycles. The van der Waals surface area contributed by atoms with Gasteiger partial charge < -0.3 is 45.4 Å². The summed E-state index contributed by atoms with van der Waals surface area (Å²) in [4.78, 5) is 0. The molecule has 8 heteroatoms. The van der Waals surface area contributed by atoms with Gasteiger partial charge in [-0.3, -0.25) is 0 Å². The van der Waals surface area contributed by atoms with E-state index in [1.54, 1.807) is 0 Å². The largest absolute Gasteiger partial charge is 1.00 e. The van der Waals surface area contributed by atoms with Crippen molar-refractivity contribution in [2.45, 2.75) is 19.5 Å². The Kier molecular flexibility index (Phi) is 7.09. The van der Waals surface area contributed by atoms with E-state index in [-0.39, 0.29) is 24.8 Å². The maximum absolute atomic E-state index is 6.39. The van der Waals surface area contributed by atoms with Crippen LogP contribution in [0.5, 0.6) is 0 Å². The highest BCUT2D eigenvalue weighted by atomic mass is 35.5. The van der Waals surface area contributed by atoms with Crippen molar-refractivity contribution in [2.75, 3.05) is 0 Å². The van der Waals surface area contributed by atoms with Gasteiger partial charge in [-0.05, 0) is 30.7 Å². The molecule has 4 aromatic rings. The van der Waals surface area contributed by atoms with E-state index >= 15 is 0 Å². The predicted molar refractivity (Wildman–Crippen MR) is 104 cm³/mol. The van der Waals surface area contributed by atoms with Crippen LogP contribution in [0.15, 0.2) is 48.8 Å². The van der Waals surface area contributed by atoms with Crippen molar-refractivity contribution < 1.29 is 36.3 Å². The summed E-state index contributed by atoms with van der Waals surface area (Å²) in [6.45, 7) is 1.77. The number of halogens is 4. The molecular formula is C19H20Cl4N4. The van der Waals surface area contributed by atoms with Crippen LogP contribution in [-0.4, -0.2) is 9.13 Å². The molecule has 0 aliphatic rings. The maximum Gasteiger partial charge on any atom is 0.138 e. The van der Waals surface area contributed by atoms with Gasteiger partial charge in [-0.1, -0.05) is 35.3 Å². The zero-order valence-electron chi connectivity index (χ0n) is 14.6. The molecule has 4 rings (SSSR count). The van der Waals surface area contributed by atoms with E-state index < -0.39 is 0 Å². The lowest BCUT2D eigenvalue weighted by Gasteiger charge is -2.08. The van der Waals surface area contributed by atoms with E-state index in [1.807, 2.05) is 36.7 Å². The molecule has 0 amide bonds. The number of benzene rings is 2. The third-order valence-electron chi connectivity index (χ3n) is 4.69. The first-order chi connectivity index (χ1) is 12.1. The van der Waals surface area contributed by atoms with Crippen LogP contribution in [0.4, 0.5) is 11.4 Å². The topological polar surface area (TPSA) is 65.1 Å². The van der Waals surface area contributed by atoms with Gasteiger partial charge in [0.15, 0.2) is 0 Å². The Labute approximate surface area is 179 Å². The minimum absolute atomic E-state index is 0. The molecule has 2 aromatic heterocycles. The monoisotopic (exact) mass is 444 g/mol. The summed E-state index contributed by atoms with van der Waals surface area (Å²) < 4.78 is 4.40. The molecule has 0 radical (unpaired) electrons. The average Bonchev–Trinajstić information content (AvgIpc) is 3.07. The summed E-state index contributed by atoms with van der Waals surface area (Å²) in [6.07, 6.45) is 4.97. The summed E-state index contributed by atoms with van der Waals surface area (Å²) in [6, 6.07) is 12.2. The smallest absolute Gasteiger partial charge is 0.138 e. The van der Waals surface area contributed by atoms with Crippen LogP contribution in [0.25, 0.3) is 21.8 Å². The molecule has 0 aliphatic carbocycles. The second kappa shape index (κ2) is 8.74. The van der Waals surface area contributed by atoms with Gasteiger partial charge >= 0.3 is 0 Å². The summed E-state index contributed by atoms with van der Waals surface area (Å²) in [5.41, 5.74) is 12.3. The fraction of sp³-hybridized carbons (Fsp3) is 0.158. The molecule has 144 valence electrons. The van der Waals surface area contributed by atoms with Crippen molar-refractivity contribution in [3.8, 4) is 0 Å². The Bertz CT molecular complexity index is 998. The zero-order valence-corrected chi connectivity index (χ0v) is 17.6. The quantitative estimate of drug-likeness (QED) is 0.356. The van der Waals surface area contributed by atoms with E-state index in [0.29, 0.717) is 0 Å². The van der Waals surface area contributed by atoms with Gasteiger partial charge in [0.2, 0.25) is 0 Å². The number of hydrogen-bond donors (Lipinski definition) is 2. The third kappa shape index (κ3) is 3.92. The Morgan fingerprint density at radius 3 is 1.52 bits per heavy atom. The number of nitrogens with zero attached hydrogens (tertiary/aromatic N) is 2. The SMILES string of the molecule is [Cl-].[Cl-].[NH3+]c1cccc2c1c(Cl)cn2CCCn1cc(Cl)c2c([NH3+])cccc21. The first-order valence-electron chi connectivity index (χ1n) is 8.25. The number of aryl methyl sites for hydroxylation is 2. The van der Waals surface area contributed by atoms with E-state index in [9.17, 15) is 0 Å². The molecule has 0 saturated carbocycles. The molecular weight excluding hydrogens is 426 g/mol. The van der Waals surface area contributed by atoms with Crippen molar-refractivity contribution in [2.24, 2.45) is 0 Å². The standard InChI is InChI=1S/C19H18Cl2N4.2ClH/c20-12-10-24(16-6-1-4-14(22)18(12)16)8-3-9-25-11-13(21)19-15(23)5-2-7-17(19)25;;/h1-2,4-7,10-11H,3,8-9,22-23H2;2*1H. The number of fused-ring (bicyclic) bond motifs is 2. The van der Waals surface area contributed by atoms with Crippen LogP contribution in [-0.2, 0) is 13.1 Å². The molecule has 0 aliphatic heterocycles. The molecule has 0 fully saturated rings. The fourth-order valence-electron chi connectivity index (χ4n) is 3.53. The van der Waals surface area contributed by atoms with Crippen molar-refractivity contribution in [3.63, 3.8) is 0 Å². The highest BCUT2D eigenvalue weighted by Gasteiger charge is 2.13. The van der Waals surface area contributed by atoms with Gasteiger partial charge in [-0.15, -0.1) is 0 Å². The molecule has 0 spiro atoms. The minimum Gasteiger partial charge on any atom is -1.00 e. The highest BCUT2D eigenvalue weighted by molar-refractivity contribution is 6.37. The molecule has 4 nitrogen and oxygen atoms in total.